The summed E-state index contributed by atoms with van der Waals surface area (Å²) in [6.07, 6.45) is 0.750. The Kier molecular flexibility index (Phi) is 1.05. The summed E-state index contributed by atoms with van der Waals surface area (Å²) >= 11 is 5.30. The first kappa shape index (κ1) is 5.06. The number of aldehydes is 1. The topological polar surface area (TPSA) is 29.6 Å². The summed E-state index contributed by atoms with van der Waals surface area (Å²) in [5, 5.41) is 0. The van der Waals surface area contributed by atoms with Crippen LogP contribution in [-0.4, -0.2) is 24.4 Å². The predicted molar refractivity (Wildman–Crippen MR) is 25.5 cm³/mol. The van der Waals surface area contributed by atoms with Gasteiger partial charge in [-0.05, 0) is 0 Å². The van der Waals surface area contributed by atoms with E-state index < -0.39 is 5.60 Å². The van der Waals surface area contributed by atoms with Gasteiger partial charge in [0.25, 0.3) is 0 Å². The maximum absolute atomic E-state index is 9.91. The van der Waals surface area contributed by atoms with Crippen LogP contribution in [0.15, 0.2) is 0 Å². The first-order valence-electron chi connectivity index (χ1n) is 1.99. The van der Waals surface area contributed by atoms with Crippen molar-refractivity contribution in [1.82, 2.24) is 0 Å². The maximum atomic E-state index is 9.91. The fourth-order valence-corrected chi connectivity index (χ4v) is 0.487. The minimum absolute atomic E-state index is 0.288. The minimum atomic E-state index is -0.582. The van der Waals surface area contributed by atoms with E-state index in [0.29, 0.717) is 6.61 Å². The van der Waals surface area contributed by atoms with Crippen molar-refractivity contribution in [2.24, 2.45) is 0 Å². The Labute approximate surface area is 46.4 Å². The van der Waals surface area contributed by atoms with Gasteiger partial charge in [-0.1, -0.05) is 0 Å². The third kappa shape index (κ3) is 0.763. The molecule has 1 saturated heterocycles. The summed E-state index contributed by atoms with van der Waals surface area (Å²) < 4.78 is 4.69. The first-order valence-corrected chi connectivity index (χ1v) is 2.53. The quantitative estimate of drug-likeness (QED) is 0.296. The van der Waals surface area contributed by atoms with Gasteiger partial charge in [0.1, 0.15) is 0 Å². The van der Waals surface area contributed by atoms with Crippen LogP contribution in [0.1, 0.15) is 0 Å². The monoisotopic (exact) mass is 120 g/mol. The lowest BCUT2D eigenvalue weighted by molar-refractivity contribution is -0.111. The van der Waals surface area contributed by atoms with E-state index in [-0.39, 0.29) is 5.88 Å². The Morgan fingerprint density at radius 2 is 2.57 bits per heavy atom. The molecule has 0 saturated carbocycles. The highest BCUT2D eigenvalue weighted by molar-refractivity contribution is 6.20. The number of hydrogen-bond donors (Lipinski definition) is 0. The van der Waals surface area contributed by atoms with Gasteiger partial charge in [-0.25, -0.2) is 0 Å². The second kappa shape index (κ2) is 1.46. The Morgan fingerprint density at radius 3 is 2.57 bits per heavy atom. The summed E-state index contributed by atoms with van der Waals surface area (Å²) in [5.74, 6) is 0.288. The van der Waals surface area contributed by atoms with Crippen molar-refractivity contribution >= 4 is 17.9 Å². The van der Waals surface area contributed by atoms with Crippen molar-refractivity contribution in [1.29, 1.82) is 0 Å². The van der Waals surface area contributed by atoms with Crippen LogP contribution in [0.3, 0.4) is 0 Å². The third-order valence-electron chi connectivity index (χ3n) is 0.956. The van der Waals surface area contributed by atoms with Gasteiger partial charge < -0.3 is 4.74 Å². The summed E-state index contributed by atoms with van der Waals surface area (Å²) in [6.45, 7) is 0.500. The standard InChI is InChI=1S/C4H5ClO2/c5-1-4(2-6)3-7-4/h2H,1,3H2/t4-/m0/s1. The molecule has 0 radical (unpaired) electrons. The molecule has 1 rings (SSSR count). The third-order valence-corrected chi connectivity index (χ3v) is 1.41. The molecule has 0 bridgehead atoms. The van der Waals surface area contributed by atoms with E-state index >= 15 is 0 Å². The molecule has 0 aliphatic carbocycles. The van der Waals surface area contributed by atoms with Gasteiger partial charge in [0, 0.05) is 0 Å². The maximum Gasteiger partial charge on any atom is 0.160 e. The van der Waals surface area contributed by atoms with Gasteiger partial charge in [-0.2, -0.15) is 0 Å². The zero-order valence-corrected chi connectivity index (χ0v) is 4.44. The van der Waals surface area contributed by atoms with Crippen LogP contribution in [0, 0.1) is 0 Å². The molecule has 1 fully saturated rings. The van der Waals surface area contributed by atoms with Crippen LogP contribution in [0.4, 0.5) is 0 Å². The zero-order chi connectivity index (χ0) is 5.33. The average Bonchev–Trinajstić information content (AvgIpc) is 2.46. The molecule has 0 N–H and O–H groups in total. The van der Waals surface area contributed by atoms with Crippen molar-refractivity contribution in [3.63, 3.8) is 0 Å². The normalized spacial score (nSPS) is 37.9. The van der Waals surface area contributed by atoms with Gasteiger partial charge in [0.2, 0.25) is 0 Å². The number of epoxide rings is 1. The SMILES string of the molecule is O=C[C@@]1(CCl)CO1. The highest BCUT2D eigenvalue weighted by Crippen LogP contribution is 2.24. The van der Waals surface area contributed by atoms with Crippen LogP contribution in [0.25, 0.3) is 0 Å². The zero-order valence-electron chi connectivity index (χ0n) is 3.69. The second-order valence-corrected chi connectivity index (χ2v) is 1.87. The largest absolute Gasteiger partial charge is 0.360 e. The molecule has 0 aromatic carbocycles. The molecular weight excluding hydrogens is 115 g/mol. The number of hydrogen-bond acceptors (Lipinski definition) is 2. The van der Waals surface area contributed by atoms with Gasteiger partial charge in [-0.3, -0.25) is 4.79 Å². The Hall–Kier alpha value is -0.0800. The first-order chi connectivity index (χ1) is 3.33. The van der Waals surface area contributed by atoms with Crippen molar-refractivity contribution in [2.75, 3.05) is 12.5 Å². The molecule has 2 nitrogen and oxygen atoms in total. The van der Waals surface area contributed by atoms with Crippen molar-refractivity contribution in [2.45, 2.75) is 5.60 Å². The molecular formula is C4H5ClO2. The van der Waals surface area contributed by atoms with E-state index in [1.807, 2.05) is 0 Å². The van der Waals surface area contributed by atoms with E-state index in [0.717, 1.165) is 6.29 Å². The van der Waals surface area contributed by atoms with Gasteiger partial charge in [-0.15, -0.1) is 11.6 Å². The number of carbonyl (C=O) groups is 1. The molecule has 0 amide bonds. The lowest BCUT2D eigenvalue weighted by Gasteiger charge is -1.89. The van der Waals surface area contributed by atoms with Crippen molar-refractivity contribution in [3.8, 4) is 0 Å². The molecule has 1 atom stereocenters. The number of carbonyl (C=O) groups excluding carboxylic acids is 1. The Morgan fingerprint density at radius 1 is 2.00 bits per heavy atom. The van der Waals surface area contributed by atoms with Gasteiger partial charge >= 0.3 is 0 Å². The number of halogens is 1. The number of alkyl halides is 1. The van der Waals surface area contributed by atoms with Crippen molar-refractivity contribution < 1.29 is 9.53 Å². The van der Waals surface area contributed by atoms with E-state index in [2.05, 4.69) is 0 Å². The van der Waals surface area contributed by atoms with Crippen LogP contribution in [-0.2, 0) is 9.53 Å². The molecule has 1 aliphatic rings. The minimum Gasteiger partial charge on any atom is -0.360 e. The Bertz CT molecular complexity index is 87.7. The average molecular weight is 121 g/mol. The summed E-state index contributed by atoms with van der Waals surface area (Å²) in [4.78, 5) is 9.91. The van der Waals surface area contributed by atoms with Crippen LogP contribution < -0.4 is 0 Å². The molecule has 0 unspecified atom stereocenters. The Balaban J connectivity index is 2.42. The fourth-order valence-electron chi connectivity index (χ4n) is 0.269. The molecule has 0 spiro atoms. The second-order valence-electron chi connectivity index (χ2n) is 1.60. The van der Waals surface area contributed by atoms with Crippen LogP contribution in [0.2, 0.25) is 0 Å². The molecule has 3 heteroatoms. The highest BCUT2D eigenvalue weighted by atomic mass is 35.5. The fraction of sp³-hybridized carbons (Fsp3) is 0.750. The summed E-state index contributed by atoms with van der Waals surface area (Å²) in [6, 6.07) is 0. The molecule has 0 aromatic rings. The van der Waals surface area contributed by atoms with Crippen LogP contribution >= 0.6 is 11.6 Å². The van der Waals surface area contributed by atoms with Gasteiger partial charge in [0.05, 0.1) is 12.5 Å². The van der Waals surface area contributed by atoms with Gasteiger partial charge in [0.15, 0.2) is 11.9 Å². The number of ether oxygens (including phenoxy) is 1. The van der Waals surface area contributed by atoms with E-state index in [1.165, 1.54) is 0 Å². The number of rotatable bonds is 2. The molecule has 1 heterocycles. The predicted octanol–water partition coefficient (Wildman–Crippen LogP) is 0.193. The lowest BCUT2D eigenvalue weighted by Crippen LogP contribution is -2.13. The molecule has 40 valence electrons. The van der Waals surface area contributed by atoms with E-state index in [9.17, 15) is 4.79 Å². The smallest absolute Gasteiger partial charge is 0.160 e. The van der Waals surface area contributed by atoms with Crippen molar-refractivity contribution in [3.05, 3.63) is 0 Å². The molecule has 1 aliphatic heterocycles. The highest BCUT2D eigenvalue weighted by Gasteiger charge is 2.43. The summed E-state index contributed by atoms with van der Waals surface area (Å²) in [7, 11) is 0. The summed E-state index contributed by atoms with van der Waals surface area (Å²) in [5.41, 5.74) is -0.582. The lowest BCUT2D eigenvalue weighted by atomic mass is 10.2. The molecule has 7 heavy (non-hydrogen) atoms. The van der Waals surface area contributed by atoms with Crippen LogP contribution in [0.5, 0.6) is 0 Å². The van der Waals surface area contributed by atoms with E-state index in [4.69, 9.17) is 16.3 Å². The van der Waals surface area contributed by atoms with E-state index in [1.54, 1.807) is 0 Å². The molecule has 0 aromatic heterocycles.